The molecule has 4 heteroatoms. The van der Waals surface area contributed by atoms with Crippen LogP contribution < -0.4 is 10.2 Å². The summed E-state index contributed by atoms with van der Waals surface area (Å²) in [5.41, 5.74) is 1.02. The number of hydrogen-bond acceptors (Lipinski definition) is 4. The Balaban J connectivity index is 2.08. The summed E-state index contributed by atoms with van der Waals surface area (Å²) in [6.07, 6.45) is 2.50. The van der Waals surface area contributed by atoms with Gasteiger partial charge < -0.3 is 10.2 Å². The van der Waals surface area contributed by atoms with Crippen molar-refractivity contribution in [2.24, 2.45) is 0 Å². The molecule has 0 spiro atoms. The molecule has 1 aromatic heterocycles. The highest BCUT2D eigenvalue weighted by atomic mass is 15.3. The maximum absolute atomic E-state index is 4.73. The van der Waals surface area contributed by atoms with Crippen LogP contribution in [0.15, 0.2) is 24.3 Å². The Labute approximate surface area is 113 Å². The van der Waals surface area contributed by atoms with E-state index >= 15 is 0 Å². The maximum Gasteiger partial charge on any atom is 0.227 e. The summed E-state index contributed by atoms with van der Waals surface area (Å²) in [4.78, 5) is 11.6. The van der Waals surface area contributed by atoms with Crippen LogP contribution in [0, 0.1) is 0 Å². The minimum Gasteiger partial charge on any atom is -0.367 e. The first-order valence-electron chi connectivity index (χ1n) is 7.10. The summed E-state index contributed by atoms with van der Waals surface area (Å²) < 4.78 is 0. The molecule has 2 aromatic rings. The molecule has 1 N–H and O–H groups in total. The Kier molecular flexibility index (Phi) is 3.23. The van der Waals surface area contributed by atoms with Crippen LogP contribution in [-0.4, -0.2) is 29.1 Å². The molecule has 1 aromatic carbocycles. The van der Waals surface area contributed by atoms with Crippen molar-refractivity contribution in [3.63, 3.8) is 0 Å². The van der Waals surface area contributed by atoms with Gasteiger partial charge in [0.1, 0.15) is 5.82 Å². The van der Waals surface area contributed by atoms with Gasteiger partial charge in [0.05, 0.1) is 5.52 Å². The van der Waals surface area contributed by atoms with Crippen molar-refractivity contribution in [1.82, 2.24) is 9.97 Å². The molecule has 0 bridgehead atoms. The van der Waals surface area contributed by atoms with Crippen molar-refractivity contribution in [2.75, 3.05) is 23.3 Å². The molecule has 1 heterocycles. The molecule has 0 unspecified atom stereocenters. The maximum atomic E-state index is 4.73. The number of fused-ring (bicyclic) bond motifs is 1. The third-order valence-electron chi connectivity index (χ3n) is 3.56. The Bertz CT molecular complexity index is 573. The van der Waals surface area contributed by atoms with Crippen molar-refractivity contribution in [1.29, 1.82) is 0 Å². The number of benzene rings is 1. The highest BCUT2D eigenvalue weighted by molar-refractivity contribution is 5.90. The zero-order valence-electron chi connectivity index (χ0n) is 11.6. The second-order valence-electron chi connectivity index (χ2n) is 4.98. The van der Waals surface area contributed by atoms with Gasteiger partial charge in [0, 0.05) is 24.5 Å². The van der Waals surface area contributed by atoms with Crippen molar-refractivity contribution < 1.29 is 0 Å². The molecule has 1 aliphatic carbocycles. The zero-order chi connectivity index (χ0) is 13.2. The number of para-hydroxylation sites is 1. The van der Waals surface area contributed by atoms with Gasteiger partial charge in [0.25, 0.3) is 0 Å². The lowest BCUT2D eigenvalue weighted by Gasteiger charge is -2.20. The number of aromatic nitrogens is 2. The van der Waals surface area contributed by atoms with Crippen LogP contribution in [0.5, 0.6) is 0 Å². The van der Waals surface area contributed by atoms with Gasteiger partial charge in [-0.3, -0.25) is 0 Å². The van der Waals surface area contributed by atoms with Crippen molar-refractivity contribution in [3.8, 4) is 0 Å². The standard InChI is InChI=1S/C15H20N4/c1-3-19(4-2)15-17-13-8-6-5-7-12(13)14(18-15)16-11-9-10-11/h5-8,11H,3-4,9-10H2,1-2H3,(H,16,17,18). The van der Waals surface area contributed by atoms with Gasteiger partial charge >= 0.3 is 0 Å². The van der Waals surface area contributed by atoms with E-state index in [4.69, 9.17) is 4.98 Å². The van der Waals surface area contributed by atoms with Crippen molar-refractivity contribution in [2.45, 2.75) is 32.7 Å². The summed E-state index contributed by atoms with van der Waals surface area (Å²) in [5.74, 6) is 1.81. The summed E-state index contributed by atoms with van der Waals surface area (Å²) in [5, 5.41) is 4.64. The lowest BCUT2D eigenvalue weighted by molar-refractivity contribution is 0.826. The number of nitrogens with one attached hydrogen (secondary N) is 1. The van der Waals surface area contributed by atoms with Gasteiger partial charge in [-0.25, -0.2) is 4.98 Å². The predicted molar refractivity (Wildman–Crippen MR) is 79.7 cm³/mol. The summed E-state index contributed by atoms with van der Waals surface area (Å²) >= 11 is 0. The SMILES string of the molecule is CCN(CC)c1nc(NC2CC2)c2ccccc2n1. The summed E-state index contributed by atoms with van der Waals surface area (Å²) in [6.45, 7) is 6.13. The van der Waals surface area contributed by atoms with E-state index in [2.05, 4.69) is 41.2 Å². The normalized spacial score (nSPS) is 14.6. The first-order chi connectivity index (χ1) is 9.31. The molecule has 4 nitrogen and oxygen atoms in total. The first kappa shape index (κ1) is 12.2. The molecule has 1 fully saturated rings. The van der Waals surface area contributed by atoms with Gasteiger partial charge in [-0.05, 0) is 38.8 Å². The Morgan fingerprint density at radius 2 is 1.89 bits per heavy atom. The monoisotopic (exact) mass is 256 g/mol. The van der Waals surface area contributed by atoms with Crippen LogP contribution in [0.3, 0.4) is 0 Å². The summed E-state index contributed by atoms with van der Waals surface area (Å²) in [7, 11) is 0. The number of hydrogen-bond donors (Lipinski definition) is 1. The van der Waals surface area contributed by atoms with E-state index in [0.717, 1.165) is 35.8 Å². The molecule has 0 amide bonds. The van der Waals surface area contributed by atoms with E-state index in [0.29, 0.717) is 6.04 Å². The van der Waals surface area contributed by atoms with Gasteiger partial charge in [0.2, 0.25) is 5.95 Å². The molecule has 3 rings (SSSR count). The number of anilines is 2. The molecule has 0 aliphatic heterocycles. The summed E-state index contributed by atoms with van der Waals surface area (Å²) in [6, 6.07) is 8.82. The van der Waals surface area contributed by atoms with E-state index in [1.54, 1.807) is 0 Å². The molecule has 19 heavy (non-hydrogen) atoms. The molecule has 0 atom stereocenters. The minimum atomic E-state index is 0.600. The van der Waals surface area contributed by atoms with Crippen LogP contribution in [0.4, 0.5) is 11.8 Å². The fourth-order valence-corrected chi connectivity index (χ4v) is 2.24. The fraction of sp³-hybridized carbons (Fsp3) is 0.467. The Hall–Kier alpha value is -1.84. The van der Waals surface area contributed by atoms with E-state index < -0.39 is 0 Å². The smallest absolute Gasteiger partial charge is 0.227 e. The molecule has 0 radical (unpaired) electrons. The average molecular weight is 256 g/mol. The highest BCUT2D eigenvalue weighted by Crippen LogP contribution is 2.29. The second kappa shape index (κ2) is 5.03. The molecule has 1 aliphatic rings. The number of rotatable bonds is 5. The van der Waals surface area contributed by atoms with Gasteiger partial charge in [-0.15, -0.1) is 0 Å². The van der Waals surface area contributed by atoms with Crippen LogP contribution >= 0.6 is 0 Å². The molecular formula is C15H20N4. The molecule has 100 valence electrons. The van der Waals surface area contributed by atoms with Crippen LogP contribution in [-0.2, 0) is 0 Å². The zero-order valence-corrected chi connectivity index (χ0v) is 11.6. The van der Waals surface area contributed by atoms with Crippen LogP contribution in [0.1, 0.15) is 26.7 Å². The molecule has 1 saturated carbocycles. The topological polar surface area (TPSA) is 41.1 Å². The lowest BCUT2D eigenvalue weighted by atomic mass is 10.2. The second-order valence-corrected chi connectivity index (χ2v) is 4.98. The first-order valence-corrected chi connectivity index (χ1v) is 7.10. The van der Waals surface area contributed by atoms with Gasteiger partial charge in [-0.1, -0.05) is 12.1 Å². The molecular weight excluding hydrogens is 236 g/mol. The average Bonchev–Trinajstić information content (AvgIpc) is 3.24. The highest BCUT2D eigenvalue weighted by Gasteiger charge is 2.23. The van der Waals surface area contributed by atoms with E-state index in [1.165, 1.54) is 12.8 Å². The van der Waals surface area contributed by atoms with E-state index in [-0.39, 0.29) is 0 Å². The Morgan fingerprint density at radius 1 is 1.16 bits per heavy atom. The largest absolute Gasteiger partial charge is 0.367 e. The quantitative estimate of drug-likeness (QED) is 0.892. The van der Waals surface area contributed by atoms with E-state index in [9.17, 15) is 0 Å². The van der Waals surface area contributed by atoms with Crippen LogP contribution in [0.2, 0.25) is 0 Å². The van der Waals surface area contributed by atoms with E-state index in [1.807, 2.05) is 12.1 Å². The van der Waals surface area contributed by atoms with Crippen molar-refractivity contribution in [3.05, 3.63) is 24.3 Å². The molecule has 0 saturated heterocycles. The minimum absolute atomic E-state index is 0.600. The lowest BCUT2D eigenvalue weighted by Crippen LogP contribution is -2.24. The van der Waals surface area contributed by atoms with Gasteiger partial charge in [0.15, 0.2) is 0 Å². The number of nitrogens with zero attached hydrogens (tertiary/aromatic N) is 3. The fourth-order valence-electron chi connectivity index (χ4n) is 2.24. The third-order valence-corrected chi connectivity index (χ3v) is 3.56. The third kappa shape index (κ3) is 2.48. The predicted octanol–water partition coefficient (Wildman–Crippen LogP) is 3.05. The van der Waals surface area contributed by atoms with Crippen LogP contribution in [0.25, 0.3) is 10.9 Å². The van der Waals surface area contributed by atoms with Crippen molar-refractivity contribution >= 4 is 22.7 Å². The van der Waals surface area contributed by atoms with Gasteiger partial charge in [-0.2, -0.15) is 4.98 Å². The Morgan fingerprint density at radius 3 is 2.58 bits per heavy atom.